The number of carbonyl (C=O) groups is 2. The number of Topliss-reactive ketones (excluding diaryl/α,β-unsaturated/α-hetero) is 2. The zero-order valence-corrected chi connectivity index (χ0v) is 16.0. The van der Waals surface area contributed by atoms with Gasteiger partial charge in [-0.25, -0.2) is 0 Å². The third-order valence-electron chi connectivity index (χ3n) is 5.57. The van der Waals surface area contributed by atoms with Crippen molar-refractivity contribution in [3.05, 3.63) is 41.5 Å². The minimum Gasteiger partial charge on any atom is -0.484 e. The van der Waals surface area contributed by atoms with Crippen LogP contribution in [-0.4, -0.2) is 47.3 Å². The van der Waals surface area contributed by atoms with Gasteiger partial charge in [0.05, 0.1) is 16.5 Å². The summed E-state index contributed by atoms with van der Waals surface area (Å²) < 4.78 is 8.03. The van der Waals surface area contributed by atoms with E-state index in [-0.39, 0.29) is 18.2 Å². The fraction of sp³-hybridized carbons (Fsp3) is 0.364. The molecule has 0 radical (unpaired) electrons. The van der Waals surface area contributed by atoms with Crippen LogP contribution >= 0.6 is 0 Å². The summed E-state index contributed by atoms with van der Waals surface area (Å²) in [4.78, 5) is 26.4. The van der Waals surface area contributed by atoms with E-state index in [1.807, 2.05) is 30.3 Å². The number of nitrogens with zero attached hydrogens (tertiary/aromatic N) is 2. The molecule has 0 spiro atoms. The van der Waals surface area contributed by atoms with Crippen molar-refractivity contribution in [1.29, 1.82) is 0 Å². The highest BCUT2D eigenvalue weighted by Gasteiger charge is 2.26. The topological polar surface area (TPSA) is 51.5 Å². The van der Waals surface area contributed by atoms with Crippen molar-refractivity contribution in [2.24, 2.45) is 0 Å². The number of benzene rings is 2. The number of hydrogen-bond acceptors (Lipinski definition) is 4. The number of carbonyl (C=O) groups excluding carboxylic acids is 2. The second kappa shape index (κ2) is 6.82. The van der Waals surface area contributed by atoms with Gasteiger partial charge in [-0.05, 0) is 50.3 Å². The van der Waals surface area contributed by atoms with Gasteiger partial charge in [-0.2, -0.15) is 0 Å². The number of likely N-dealkylation sites (N-methyl/N-ethyl adjacent to an activating group) is 1. The fourth-order valence-electron chi connectivity index (χ4n) is 3.99. The van der Waals surface area contributed by atoms with Gasteiger partial charge >= 0.3 is 0 Å². The van der Waals surface area contributed by atoms with Crippen molar-refractivity contribution < 1.29 is 14.3 Å². The van der Waals surface area contributed by atoms with Crippen molar-refractivity contribution in [3.63, 3.8) is 0 Å². The zero-order valence-electron chi connectivity index (χ0n) is 16.0. The molecule has 5 heteroatoms. The number of ketones is 2. The van der Waals surface area contributed by atoms with Crippen molar-refractivity contribution in [3.8, 4) is 5.75 Å². The molecule has 0 amide bonds. The Morgan fingerprint density at radius 3 is 2.59 bits per heavy atom. The normalized spacial score (nSPS) is 13.6. The molecule has 0 saturated carbocycles. The smallest absolute Gasteiger partial charge is 0.203 e. The summed E-state index contributed by atoms with van der Waals surface area (Å²) in [5.74, 6) is 0.703. The van der Waals surface area contributed by atoms with Gasteiger partial charge in [0.25, 0.3) is 0 Å². The molecular weight excluding hydrogens is 340 g/mol. The minimum atomic E-state index is 0.0127. The van der Waals surface area contributed by atoms with Crippen LogP contribution in [0.4, 0.5) is 0 Å². The molecule has 0 atom stereocenters. The first kappa shape index (κ1) is 17.7. The van der Waals surface area contributed by atoms with E-state index in [4.69, 9.17) is 4.74 Å². The van der Waals surface area contributed by atoms with Crippen molar-refractivity contribution in [1.82, 2.24) is 9.47 Å². The standard InChI is InChI=1S/C22H24N2O3/c1-4-23(5-2)10-11-24-18-8-6-15(14(3)25)12-17(18)21-19(24)9-7-16-20(26)13-27-22(16)21/h6-9,12H,4-5,10-11,13H2,1-3H3. The van der Waals surface area contributed by atoms with Gasteiger partial charge in [-0.1, -0.05) is 13.8 Å². The van der Waals surface area contributed by atoms with Crippen LogP contribution in [0.5, 0.6) is 5.75 Å². The first-order chi connectivity index (χ1) is 13.0. The summed E-state index contributed by atoms with van der Waals surface area (Å²) in [7, 11) is 0. The average molecular weight is 364 g/mol. The molecule has 2 heterocycles. The molecule has 27 heavy (non-hydrogen) atoms. The zero-order chi connectivity index (χ0) is 19.1. The Labute approximate surface area is 158 Å². The van der Waals surface area contributed by atoms with Crippen LogP contribution in [0.25, 0.3) is 21.8 Å². The number of hydrogen-bond donors (Lipinski definition) is 0. The molecule has 1 aliphatic heterocycles. The molecule has 0 aliphatic carbocycles. The molecule has 2 aromatic carbocycles. The maximum atomic E-state index is 12.1. The quantitative estimate of drug-likeness (QED) is 0.622. The van der Waals surface area contributed by atoms with E-state index in [1.165, 1.54) is 0 Å². The molecule has 0 saturated heterocycles. The summed E-state index contributed by atoms with van der Waals surface area (Å²) in [6.07, 6.45) is 0. The fourth-order valence-corrected chi connectivity index (χ4v) is 3.99. The maximum absolute atomic E-state index is 12.1. The molecule has 0 unspecified atom stereocenters. The van der Waals surface area contributed by atoms with Crippen LogP contribution in [0.1, 0.15) is 41.5 Å². The highest BCUT2D eigenvalue weighted by molar-refractivity contribution is 6.18. The largest absolute Gasteiger partial charge is 0.484 e. The SMILES string of the molecule is CCN(CC)CCn1c2ccc(C(C)=O)cc2c2c3c(ccc21)C(=O)CO3. The number of ether oxygens (including phenoxy) is 1. The Balaban J connectivity index is 1.96. The Morgan fingerprint density at radius 2 is 1.89 bits per heavy atom. The van der Waals surface area contributed by atoms with Gasteiger partial charge in [0.15, 0.2) is 12.4 Å². The highest BCUT2D eigenvalue weighted by atomic mass is 16.5. The molecule has 5 nitrogen and oxygen atoms in total. The van der Waals surface area contributed by atoms with E-state index in [0.29, 0.717) is 16.9 Å². The van der Waals surface area contributed by atoms with Gasteiger partial charge in [0.2, 0.25) is 5.78 Å². The molecular formula is C22H24N2O3. The first-order valence-electron chi connectivity index (χ1n) is 9.53. The van der Waals surface area contributed by atoms with Crippen molar-refractivity contribution in [2.75, 3.05) is 26.2 Å². The number of aromatic nitrogens is 1. The highest BCUT2D eigenvalue weighted by Crippen LogP contribution is 2.40. The van der Waals surface area contributed by atoms with Crippen LogP contribution in [0, 0.1) is 0 Å². The van der Waals surface area contributed by atoms with E-state index in [1.54, 1.807) is 6.92 Å². The van der Waals surface area contributed by atoms with Crippen molar-refractivity contribution >= 4 is 33.4 Å². The second-order valence-electron chi connectivity index (χ2n) is 7.01. The molecule has 4 rings (SSSR count). The molecule has 1 aliphatic rings. The summed E-state index contributed by atoms with van der Waals surface area (Å²) in [5, 5.41) is 1.92. The van der Waals surface area contributed by atoms with E-state index in [0.717, 1.165) is 48.0 Å². The van der Waals surface area contributed by atoms with E-state index in [9.17, 15) is 9.59 Å². The molecule has 0 fully saturated rings. The summed E-state index contributed by atoms with van der Waals surface area (Å²) in [6, 6.07) is 9.70. The van der Waals surface area contributed by atoms with E-state index >= 15 is 0 Å². The van der Waals surface area contributed by atoms with Gasteiger partial charge in [-0.15, -0.1) is 0 Å². The molecule has 140 valence electrons. The van der Waals surface area contributed by atoms with Gasteiger partial charge in [0.1, 0.15) is 5.75 Å². The lowest BCUT2D eigenvalue weighted by Gasteiger charge is -2.19. The Bertz CT molecular complexity index is 1060. The third kappa shape index (κ3) is 2.82. The Kier molecular flexibility index (Phi) is 4.48. The summed E-state index contributed by atoms with van der Waals surface area (Å²) >= 11 is 0. The molecule has 3 aromatic rings. The van der Waals surface area contributed by atoms with Gasteiger partial charge < -0.3 is 14.2 Å². The van der Waals surface area contributed by atoms with E-state index < -0.39 is 0 Å². The molecule has 1 aromatic heterocycles. The Hall–Kier alpha value is -2.66. The lowest BCUT2D eigenvalue weighted by molar-refractivity contribution is 0.0960. The first-order valence-corrected chi connectivity index (χ1v) is 9.53. The predicted molar refractivity (Wildman–Crippen MR) is 107 cm³/mol. The number of rotatable bonds is 6. The summed E-state index contributed by atoms with van der Waals surface area (Å²) in [5.41, 5.74) is 3.43. The Morgan fingerprint density at radius 1 is 1.15 bits per heavy atom. The van der Waals surface area contributed by atoms with Crippen LogP contribution in [0.3, 0.4) is 0 Å². The maximum Gasteiger partial charge on any atom is 0.203 e. The van der Waals surface area contributed by atoms with Crippen LogP contribution in [0.15, 0.2) is 30.3 Å². The molecule has 0 bridgehead atoms. The van der Waals surface area contributed by atoms with Gasteiger partial charge in [-0.3, -0.25) is 9.59 Å². The predicted octanol–water partition coefficient (Wildman–Crippen LogP) is 3.91. The lowest BCUT2D eigenvalue weighted by Crippen LogP contribution is -2.26. The third-order valence-corrected chi connectivity index (χ3v) is 5.57. The minimum absolute atomic E-state index is 0.0127. The van der Waals surface area contributed by atoms with Crippen LogP contribution in [-0.2, 0) is 6.54 Å². The van der Waals surface area contributed by atoms with E-state index in [2.05, 4.69) is 23.3 Å². The molecule has 0 N–H and O–H groups in total. The average Bonchev–Trinajstić information content (AvgIpc) is 3.20. The monoisotopic (exact) mass is 364 g/mol. The summed E-state index contributed by atoms with van der Waals surface area (Å²) in [6.45, 7) is 9.80. The van der Waals surface area contributed by atoms with Crippen LogP contribution in [0.2, 0.25) is 0 Å². The van der Waals surface area contributed by atoms with Crippen LogP contribution < -0.4 is 4.74 Å². The lowest BCUT2D eigenvalue weighted by atomic mass is 10.0. The van der Waals surface area contributed by atoms with Gasteiger partial charge in [0, 0.05) is 29.6 Å². The number of fused-ring (bicyclic) bond motifs is 5. The van der Waals surface area contributed by atoms with Crippen molar-refractivity contribution in [2.45, 2.75) is 27.3 Å². The second-order valence-corrected chi connectivity index (χ2v) is 7.01.